The van der Waals surface area contributed by atoms with Crippen LogP contribution in [0.3, 0.4) is 0 Å². The summed E-state index contributed by atoms with van der Waals surface area (Å²) in [5.74, 6) is -1.73. The molecular weight excluding hydrogens is 469 g/mol. The fraction of sp³-hybridized carbons (Fsp3) is 0.130. The predicted molar refractivity (Wildman–Crippen MR) is 119 cm³/mol. The lowest BCUT2D eigenvalue weighted by molar-refractivity contribution is -0.159. The van der Waals surface area contributed by atoms with Crippen molar-refractivity contribution in [3.05, 3.63) is 101 Å². The Bertz CT molecular complexity index is 1380. The van der Waals surface area contributed by atoms with Crippen molar-refractivity contribution in [2.45, 2.75) is 24.2 Å². The molecule has 7 nitrogen and oxygen atoms in total. The molecule has 2 aromatic carbocycles. The second-order valence-electron chi connectivity index (χ2n) is 7.30. The highest BCUT2D eigenvalue weighted by atomic mass is 32.2. The molecule has 0 spiro atoms. The predicted octanol–water partition coefficient (Wildman–Crippen LogP) is 4.59. The van der Waals surface area contributed by atoms with Crippen molar-refractivity contribution in [2.75, 3.05) is 0 Å². The standard InChI is InChI=1S/C23H19F3N4O3S/c24-23(25,26)22-28-21(29-33-22)11-8-19-12-13-30(16-19)34(31,32)20-9-6-18(7-10-20)15-27-14-17-4-2-1-3-5-17/h1-13,16,27H,14-15H2. The summed E-state index contributed by atoms with van der Waals surface area (Å²) in [6.45, 7) is 1.28. The Balaban J connectivity index is 1.39. The maximum Gasteiger partial charge on any atom is 0.471 e. The van der Waals surface area contributed by atoms with Gasteiger partial charge in [-0.05, 0) is 47.0 Å². The van der Waals surface area contributed by atoms with Gasteiger partial charge in [0, 0.05) is 25.5 Å². The fourth-order valence-electron chi connectivity index (χ4n) is 3.08. The van der Waals surface area contributed by atoms with Crippen LogP contribution in [0.2, 0.25) is 0 Å². The smallest absolute Gasteiger partial charge is 0.329 e. The summed E-state index contributed by atoms with van der Waals surface area (Å²) in [5.41, 5.74) is 2.52. The summed E-state index contributed by atoms with van der Waals surface area (Å²) < 4.78 is 68.6. The van der Waals surface area contributed by atoms with E-state index in [1.165, 1.54) is 42.7 Å². The molecule has 34 heavy (non-hydrogen) atoms. The van der Waals surface area contributed by atoms with Crippen molar-refractivity contribution in [1.29, 1.82) is 0 Å². The molecule has 0 aliphatic carbocycles. The molecule has 0 saturated heterocycles. The van der Waals surface area contributed by atoms with Crippen LogP contribution in [0.15, 0.2) is 82.5 Å². The van der Waals surface area contributed by atoms with Crippen LogP contribution in [0.4, 0.5) is 13.2 Å². The lowest BCUT2D eigenvalue weighted by Gasteiger charge is -2.08. The van der Waals surface area contributed by atoms with E-state index in [0.29, 0.717) is 18.7 Å². The van der Waals surface area contributed by atoms with E-state index < -0.39 is 22.1 Å². The molecule has 2 heterocycles. The van der Waals surface area contributed by atoms with Gasteiger partial charge in [0.15, 0.2) is 5.82 Å². The van der Waals surface area contributed by atoms with Crippen LogP contribution in [0.25, 0.3) is 12.2 Å². The van der Waals surface area contributed by atoms with Crippen LogP contribution in [0.1, 0.15) is 28.4 Å². The number of hydrogen-bond donors (Lipinski definition) is 1. The minimum Gasteiger partial charge on any atom is -0.329 e. The molecular formula is C23H19F3N4O3S. The molecule has 0 atom stereocenters. The Morgan fingerprint density at radius 1 is 0.941 bits per heavy atom. The van der Waals surface area contributed by atoms with Gasteiger partial charge in [0.1, 0.15) is 0 Å². The zero-order valence-electron chi connectivity index (χ0n) is 17.6. The summed E-state index contributed by atoms with van der Waals surface area (Å²) in [7, 11) is -3.83. The molecule has 2 aromatic heterocycles. The normalized spacial score (nSPS) is 12.4. The molecule has 1 N–H and O–H groups in total. The Morgan fingerprint density at radius 3 is 2.26 bits per heavy atom. The molecule has 0 saturated carbocycles. The Labute approximate surface area is 193 Å². The lowest BCUT2D eigenvalue weighted by Crippen LogP contribution is -2.13. The molecule has 0 bridgehead atoms. The molecule has 4 aromatic rings. The van der Waals surface area contributed by atoms with E-state index in [-0.39, 0.29) is 10.7 Å². The van der Waals surface area contributed by atoms with Crippen LogP contribution in [0.5, 0.6) is 0 Å². The highest BCUT2D eigenvalue weighted by Gasteiger charge is 2.38. The second-order valence-corrected chi connectivity index (χ2v) is 9.14. The highest BCUT2D eigenvalue weighted by molar-refractivity contribution is 7.90. The van der Waals surface area contributed by atoms with Crippen molar-refractivity contribution in [2.24, 2.45) is 0 Å². The van der Waals surface area contributed by atoms with E-state index in [4.69, 9.17) is 0 Å². The van der Waals surface area contributed by atoms with E-state index >= 15 is 0 Å². The van der Waals surface area contributed by atoms with Crippen molar-refractivity contribution >= 4 is 22.2 Å². The van der Waals surface area contributed by atoms with Gasteiger partial charge in [-0.3, -0.25) is 0 Å². The molecule has 0 fully saturated rings. The number of aromatic nitrogens is 3. The van der Waals surface area contributed by atoms with Gasteiger partial charge in [0.2, 0.25) is 0 Å². The maximum atomic E-state index is 12.9. The highest BCUT2D eigenvalue weighted by Crippen LogP contribution is 2.27. The van der Waals surface area contributed by atoms with Gasteiger partial charge >= 0.3 is 12.1 Å². The number of benzene rings is 2. The van der Waals surface area contributed by atoms with Crippen molar-refractivity contribution in [3.8, 4) is 0 Å². The van der Waals surface area contributed by atoms with E-state index in [1.807, 2.05) is 30.3 Å². The van der Waals surface area contributed by atoms with E-state index in [2.05, 4.69) is 20.0 Å². The van der Waals surface area contributed by atoms with Gasteiger partial charge in [-0.15, -0.1) is 0 Å². The van der Waals surface area contributed by atoms with Gasteiger partial charge in [-0.2, -0.15) is 18.2 Å². The van der Waals surface area contributed by atoms with Gasteiger partial charge < -0.3 is 9.84 Å². The molecule has 0 amide bonds. The van der Waals surface area contributed by atoms with E-state index in [9.17, 15) is 21.6 Å². The quantitative estimate of drug-likeness (QED) is 0.390. The van der Waals surface area contributed by atoms with Crippen LogP contribution >= 0.6 is 0 Å². The topological polar surface area (TPSA) is 90.0 Å². The van der Waals surface area contributed by atoms with E-state index in [0.717, 1.165) is 15.1 Å². The lowest BCUT2D eigenvalue weighted by atomic mass is 10.2. The average molecular weight is 488 g/mol. The first-order valence-corrected chi connectivity index (χ1v) is 11.5. The SMILES string of the molecule is O=S(=O)(c1ccc(CNCc2ccccc2)cc1)n1ccc(C=Cc2noc(C(F)(F)F)n2)c1. The summed E-state index contributed by atoms with van der Waals surface area (Å²) >= 11 is 0. The molecule has 176 valence electrons. The summed E-state index contributed by atoms with van der Waals surface area (Å²) in [5, 5.41) is 6.53. The molecule has 4 rings (SSSR count). The summed E-state index contributed by atoms with van der Waals surface area (Å²) in [6.07, 6.45) is 0.540. The van der Waals surface area contributed by atoms with Crippen molar-refractivity contribution in [3.63, 3.8) is 0 Å². The first kappa shape index (κ1) is 23.5. The minimum absolute atomic E-state index is 0.110. The third-order valence-electron chi connectivity index (χ3n) is 4.80. The first-order valence-electron chi connectivity index (χ1n) is 10.1. The Morgan fingerprint density at radius 2 is 1.62 bits per heavy atom. The van der Waals surface area contributed by atoms with Crippen LogP contribution in [-0.4, -0.2) is 22.5 Å². The molecule has 0 aliphatic heterocycles. The van der Waals surface area contributed by atoms with Gasteiger partial charge in [-0.1, -0.05) is 47.6 Å². The third kappa shape index (κ3) is 5.61. The number of alkyl halides is 3. The Hall–Kier alpha value is -3.70. The molecule has 0 aliphatic rings. The number of nitrogens with zero attached hydrogens (tertiary/aromatic N) is 3. The van der Waals surface area contributed by atoms with Crippen LogP contribution in [-0.2, 0) is 29.3 Å². The maximum absolute atomic E-state index is 12.9. The fourth-order valence-corrected chi connectivity index (χ4v) is 4.28. The van der Waals surface area contributed by atoms with E-state index in [1.54, 1.807) is 12.1 Å². The van der Waals surface area contributed by atoms with Crippen molar-refractivity contribution in [1.82, 2.24) is 19.4 Å². The summed E-state index contributed by atoms with van der Waals surface area (Å²) in [6, 6.07) is 18.0. The zero-order valence-corrected chi connectivity index (χ0v) is 18.4. The van der Waals surface area contributed by atoms with Crippen molar-refractivity contribution < 1.29 is 26.1 Å². The first-order chi connectivity index (χ1) is 16.2. The molecule has 11 heteroatoms. The Kier molecular flexibility index (Phi) is 6.66. The largest absolute Gasteiger partial charge is 0.471 e. The monoisotopic (exact) mass is 488 g/mol. The number of halogens is 3. The van der Waals surface area contributed by atoms with Crippen LogP contribution in [0, 0.1) is 0 Å². The van der Waals surface area contributed by atoms with Gasteiger partial charge in [-0.25, -0.2) is 12.4 Å². The number of rotatable bonds is 8. The van der Waals surface area contributed by atoms with Crippen LogP contribution < -0.4 is 5.32 Å². The number of hydrogen-bond acceptors (Lipinski definition) is 6. The molecule has 0 radical (unpaired) electrons. The molecule has 0 unspecified atom stereocenters. The van der Waals surface area contributed by atoms with Gasteiger partial charge in [0.25, 0.3) is 10.0 Å². The number of nitrogens with one attached hydrogen (secondary N) is 1. The second kappa shape index (κ2) is 9.65. The minimum atomic E-state index is -4.73. The van der Waals surface area contributed by atoms with Gasteiger partial charge in [0.05, 0.1) is 4.90 Å². The zero-order chi connectivity index (χ0) is 24.2. The summed E-state index contributed by atoms with van der Waals surface area (Å²) in [4.78, 5) is 3.34. The third-order valence-corrected chi connectivity index (χ3v) is 6.45. The average Bonchev–Trinajstić information content (AvgIpc) is 3.49.